The van der Waals surface area contributed by atoms with Crippen LogP contribution in [0.4, 0.5) is 5.69 Å². The average Bonchev–Trinajstić information content (AvgIpc) is 2.65. The molecule has 2 amide bonds. The molecule has 3 nitrogen and oxygen atoms in total. The summed E-state index contributed by atoms with van der Waals surface area (Å²) in [5.74, 6) is -0.302. The van der Waals surface area contributed by atoms with E-state index in [1.807, 2.05) is 50.3 Å². The second-order valence-corrected chi connectivity index (χ2v) is 5.50. The molecule has 1 aliphatic carbocycles. The number of benzene rings is 1. The van der Waals surface area contributed by atoms with Crippen LogP contribution in [-0.2, 0) is 9.59 Å². The lowest BCUT2D eigenvalue weighted by Gasteiger charge is -2.22. The second-order valence-electron chi connectivity index (χ2n) is 5.50. The molecule has 1 aromatic carbocycles. The van der Waals surface area contributed by atoms with Crippen molar-refractivity contribution < 1.29 is 9.59 Å². The van der Waals surface area contributed by atoms with Crippen LogP contribution in [0.25, 0.3) is 0 Å². The molecule has 0 spiro atoms. The van der Waals surface area contributed by atoms with Gasteiger partial charge in [0.2, 0.25) is 11.8 Å². The number of nitrogens with zero attached hydrogens (tertiary/aromatic N) is 1. The van der Waals surface area contributed by atoms with E-state index in [1.165, 1.54) is 4.90 Å². The fraction of sp³-hybridized carbons (Fsp3) is 0.375. The third-order valence-corrected chi connectivity index (χ3v) is 4.16. The van der Waals surface area contributed by atoms with Gasteiger partial charge in [0.15, 0.2) is 0 Å². The molecular weight excluding hydrogens is 238 g/mol. The van der Waals surface area contributed by atoms with Gasteiger partial charge >= 0.3 is 0 Å². The number of rotatable bonds is 1. The summed E-state index contributed by atoms with van der Waals surface area (Å²) in [6.45, 7) is 4.00. The van der Waals surface area contributed by atoms with Gasteiger partial charge in [0.25, 0.3) is 0 Å². The Hall–Kier alpha value is -1.90. The molecular formula is C16H17NO2. The van der Waals surface area contributed by atoms with E-state index in [-0.39, 0.29) is 29.6 Å². The number of carbonyl (C=O) groups is 2. The van der Waals surface area contributed by atoms with Gasteiger partial charge in [-0.15, -0.1) is 0 Å². The SMILES string of the molecule is Cc1ccc(N2C(=O)[C@H]3[C@@H](C)C=CC[C@H]3C2=O)cc1. The molecule has 1 aliphatic heterocycles. The number of hydrogen-bond donors (Lipinski definition) is 0. The molecule has 3 atom stereocenters. The van der Waals surface area contributed by atoms with Gasteiger partial charge in [-0.25, -0.2) is 0 Å². The van der Waals surface area contributed by atoms with Crippen molar-refractivity contribution in [1.29, 1.82) is 0 Å². The monoisotopic (exact) mass is 255 g/mol. The van der Waals surface area contributed by atoms with Crippen LogP contribution in [0.5, 0.6) is 0 Å². The minimum atomic E-state index is -0.182. The fourth-order valence-electron chi connectivity index (χ4n) is 3.10. The summed E-state index contributed by atoms with van der Waals surface area (Å²) < 4.78 is 0. The molecule has 98 valence electrons. The Morgan fingerprint density at radius 3 is 2.42 bits per heavy atom. The van der Waals surface area contributed by atoms with E-state index >= 15 is 0 Å². The van der Waals surface area contributed by atoms with Gasteiger partial charge in [-0.1, -0.05) is 36.8 Å². The van der Waals surface area contributed by atoms with Crippen LogP contribution in [0.3, 0.4) is 0 Å². The quantitative estimate of drug-likeness (QED) is 0.571. The largest absolute Gasteiger partial charge is 0.274 e. The van der Waals surface area contributed by atoms with Crippen molar-refractivity contribution in [2.24, 2.45) is 17.8 Å². The van der Waals surface area contributed by atoms with Gasteiger partial charge in [0.1, 0.15) is 0 Å². The minimum absolute atomic E-state index is 0.0456. The average molecular weight is 255 g/mol. The molecule has 1 fully saturated rings. The first-order chi connectivity index (χ1) is 9.09. The summed E-state index contributed by atoms with van der Waals surface area (Å²) in [7, 11) is 0. The predicted octanol–water partition coefficient (Wildman–Crippen LogP) is 2.70. The van der Waals surface area contributed by atoms with Crippen LogP contribution in [0.15, 0.2) is 36.4 Å². The molecule has 0 saturated carbocycles. The highest BCUT2D eigenvalue weighted by Crippen LogP contribution is 2.40. The van der Waals surface area contributed by atoms with Gasteiger partial charge in [-0.05, 0) is 31.4 Å². The zero-order chi connectivity index (χ0) is 13.6. The van der Waals surface area contributed by atoms with E-state index in [1.54, 1.807) is 0 Å². The van der Waals surface area contributed by atoms with Gasteiger partial charge in [-0.2, -0.15) is 0 Å². The van der Waals surface area contributed by atoms with Crippen molar-refractivity contribution in [3.8, 4) is 0 Å². The molecule has 0 radical (unpaired) electrons. The fourth-order valence-corrected chi connectivity index (χ4v) is 3.10. The van der Waals surface area contributed by atoms with Crippen LogP contribution >= 0.6 is 0 Å². The molecule has 3 heteroatoms. The number of fused-ring (bicyclic) bond motifs is 1. The van der Waals surface area contributed by atoms with E-state index in [2.05, 4.69) is 0 Å². The highest BCUT2D eigenvalue weighted by Gasteiger charge is 2.50. The Bertz CT molecular complexity index is 559. The number of anilines is 1. The van der Waals surface area contributed by atoms with Gasteiger partial charge in [-0.3, -0.25) is 14.5 Å². The van der Waals surface area contributed by atoms with Crippen molar-refractivity contribution in [3.63, 3.8) is 0 Å². The number of allylic oxidation sites excluding steroid dienone is 2. The summed E-state index contributed by atoms with van der Waals surface area (Å²) in [5, 5.41) is 0. The summed E-state index contributed by atoms with van der Waals surface area (Å²) in [6, 6.07) is 7.56. The lowest BCUT2D eigenvalue weighted by molar-refractivity contribution is -0.122. The van der Waals surface area contributed by atoms with Gasteiger partial charge in [0.05, 0.1) is 17.5 Å². The Labute approximate surface area is 112 Å². The standard InChI is InChI=1S/C16H17NO2/c1-10-6-8-12(9-7-10)17-15(18)13-5-3-4-11(2)14(13)16(17)19/h3-4,6-9,11,13-14H,5H2,1-2H3/t11-,13+,14-/m0/s1. The first-order valence-electron chi connectivity index (χ1n) is 6.70. The third kappa shape index (κ3) is 1.81. The molecule has 0 N–H and O–H groups in total. The summed E-state index contributed by atoms with van der Waals surface area (Å²) >= 11 is 0. The highest BCUT2D eigenvalue weighted by molar-refractivity contribution is 6.22. The van der Waals surface area contributed by atoms with Gasteiger partial charge < -0.3 is 0 Å². The maximum Gasteiger partial charge on any atom is 0.238 e. The van der Waals surface area contributed by atoms with Crippen molar-refractivity contribution in [3.05, 3.63) is 42.0 Å². The molecule has 19 heavy (non-hydrogen) atoms. The molecule has 2 aliphatic rings. The van der Waals surface area contributed by atoms with E-state index in [0.717, 1.165) is 5.56 Å². The molecule has 3 rings (SSSR count). The van der Waals surface area contributed by atoms with Crippen molar-refractivity contribution in [2.45, 2.75) is 20.3 Å². The summed E-state index contributed by atoms with van der Waals surface area (Å²) in [6.07, 6.45) is 4.75. The zero-order valence-corrected chi connectivity index (χ0v) is 11.2. The molecule has 1 aromatic rings. The third-order valence-electron chi connectivity index (χ3n) is 4.16. The van der Waals surface area contributed by atoms with Crippen LogP contribution in [-0.4, -0.2) is 11.8 Å². The lowest BCUT2D eigenvalue weighted by atomic mass is 9.78. The highest BCUT2D eigenvalue weighted by atomic mass is 16.2. The molecule has 0 bridgehead atoms. The summed E-state index contributed by atoms with van der Waals surface area (Å²) in [4.78, 5) is 26.3. The van der Waals surface area contributed by atoms with Crippen molar-refractivity contribution >= 4 is 17.5 Å². The van der Waals surface area contributed by atoms with Crippen molar-refractivity contribution in [2.75, 3.05) is 4.90 Å². The van der Waals surface area contributed by atoms with Crippen LogP contribution < -0.4 is 4.90 Å². The van der Waals surface area contributed by atoms with E-state index in [4.69, 9.17) is 0 Å². The zero-order valence-electron chi connectivity index (χ0n) is 11.2. The van der Waals surface area contributed by atoms with Crippen LogP contribution in [0.2, 0.25) is 0 Å². The van der Waals surface area contributed by atoms with E-state index in [9.17, 15) is 9.59 Å². The number of carbonyl (C=O) groups excluding carboxylic acids is 2. The first-order valence-corrected chi connectivity index (χ1v) is 6.70. The maximum absolute atomic E-state index is 12.5. The predicted molar refractivity (Wildman–Crippen MR) is 73.6 cm³/mol. The normalized spacial score (nSPS) is 29.8. The first kappa shape index (κ1) is 12.2. The smallest absolute Gasteiger partial charge is 0.238 e. The van der Waals surface area contributed by atoms with E-state index in [0.29, 0.717) is 12.1 Å². The Morgan fingerprint density at radius 2 is 1.79 bits per heavy atom. The van der Waals surface area contributed by atoms with Crippen LogP contribution in [0.1, 0.15) is 18.9 Å². The molecule has 1 heterocycles. The van der Waals surface area contributed by atoms with E-state index < -0.39 is 0 Å². The second kappa shape index (κ2) is 4.34. The number of hydrogen-bond acceptors (Lipinski definition) is 2. The van der Waals surface area contributed by atoms with Gasteiger partial charge in [0, 0.05) is 0 Å². The minimum Gasteiger partial charge on any atom is -0.274 e. The summed E-state index contributed by atoms with van der Waals surface area (Å²) in [5.41, 5.74) is 1.82. The van der Waals surface area contributed by atoms with Crippen LogP contribution in [0, 0.1) is 24.7 Å². The number of imide groups is 1. The lowest BCUT2D eigenvalue weighted by Crippen LogP contribution is -2.31. The molecule has 1 saturated heterocycles. The Balaban J connectivity index is 1.98. The Kier molecular flexibility index (Phi) is 2.77. The molecule has 0 aromatic heterocycles. The number of amides is 2. The maximum atomic E-state index is 12.5. The Morgan fingerprint density at radius 1 is 1.11 bits per heavy atom. The molecule has 0 unspecified atom stereocenters. The van der Waals surface area contributed by atoms with Crippen molar-refractivity contribution in [1.82, 2.24) is 0 Å². The topological polar surface area (TPSA) is 37.4 Å². The number of aryl methyl sites for hydroxylation is 1.